The summed E-state index contributed by atoms with van der Waals surface area (Å²) in [6, 6.07) is 9.81. The van der Waals surface area contributed by atoms with Gasteiger partial charge in [0.05, 0.1) is 13.2 Å². The summed E-state index contributed by atoms with van der Waals surface area (Å²) in [5, 5.41) is 11.8. The summed E-state index contributed by atoms with van der Waals surface area (Å²) in [5.74, 6) is 26.4. The van der Waals surface area contributed by atoms with Gasteiger partial charge in [-0.25, -0.2) is 0 Å². The van der Waals surface area contributed by atoms with Gasteiger partial charge in [0.1, 0.15) is 6.10 Å². The third-order valence-corrected chi connectivity index (χ3v) is 6.01. The first kappa shape index (κ1) is 32.1. The van der Waals surface area contributed by atoms with Crippen molar-refractivity contribution >= 4 is 0 Å². The van der Waals surface area contributed by atoms with Crippen LogP contribution in [0.3, 0.4) is 0 Å². The molecule has 1 aliphatic rings. The maximum atomic E-state index is 11.8. The van der Waals surface area contributed by atoms with E-state index in [1.807, 2.05) is 30.3 Å². The molecule has 1 heterocycles. The Labute approximate surface area is 248 Å². The molecule has 0 amide bonds. The number of ether oxygens (including phenoxy) is 2. The van der Waals surface area contributed by atoms with Crippen molar-refractivity contribution in [1.82, 2.24) is 0 Å². The van der Waals surface area contributed by atoms with Crippen LogP contribution in [0.15, 0.2) is 30.3 Å². The van der Waals surface area contributed by atoms with Crippen LogP contribution in [0.1, 0.15) is 132 Å². The normalized spacial score (nSPS) is 14.0. The Morgan fingerprint density at radius 3 is 1.56 bits per heavy atom. The molecule has 1 atom stereocenters. The van der Waals surface area contributed by atoms with Gasteiger partial charge in [-0.3, -0.25) is 0 Å². The van der Waals surface area contributed by atoms with Crippen molar-refractivity contribution < 1.29 is 14.6 Å². The first-order valence-corrected chi connectivity index (χ1v) is 14.7. The van der Waals surface area contributed by atoms with Gasteiger partial charge in [-0.2, -0.15) is 0 Å². The molecule has 1 aliphatic heterocycles. The van der Waals surface area contributed by atoms with Gasteiger partial charge in [-0.05, 0) is 95.8 Å². The lowest BCUT2D eigenvalue weighted by molar-refractivity contribution is -0.0444. The predicted molar refractivity (Wildman–Crippen MR) is 168 cm³/mol. The number of hydrogen-bond donors (Lipinski definition) is 1. The molecule has 0 radical (unpaired) electrons. The van der Waals surface area contributed by atoms with Crippen LogP contribution in [0.5, 0.6) is 0 Å². The van der Waals surface area contributed by atoms with E-state index in [0.29, 0.717) is 18.8 Å². The van der Waals surface area contributed by atoms with Crippen molar-refractivity contribution in [2.45, 2.75) is 93.5 Å². The molecule has 0 aromatic heterocycles. The van der Waals surface area contributed by atoms with E-state index in [1.54, 1.807) is 0 Å². The largest absolute Gasteiger partial charge is 0.384 e. The molecule has 0 bridgehead atoms. The quantitative estimate of drug-likeness (QED) is 0.386. The lowest BCUT2D eigenvalue weighted by Crippen LogP contribution is -2.10. The third-order valence-electron chi connectivity index (χ3n) is 6.01. The first-order valence-electron chi connectivity index (χ1n) is 14.7. The Balaban J connectivity index is 2.24. The standard InChI is InChI=1S/C38H44O3/c1-9-11-13-15-28-23-29(16-14-12-10-2)25-32(24-28)35(39)33-26-30(17-19-37(3,4)5)34(36-40-21-22-41-36)31(27-33)18-20-38(6,7)8/h23-27,35-36,39H,9-12,21-22H2,1-8H3. The summed E-state index contributed by atoms with van der Waals surface area (Å²) in [4.78, 5) is 0. The Morgan fingerprint density at radius 1 is 0.707 bits per heavy atom. The fourth-order valence-electron chi connectivity index (χ4n) is 4.05. The molecule has 3 nitrogen and oxygen atoms in total. The average molecular weight is 549 g/mol. The van der Waals surface area contributed by atoms with Gasteiger partial charge in [0.15, 0.2) is 6.29 Å². The topological polar surface area (TPSA) is 38.7 Å². The van der Waals surface area contributed by atoms with E-state index in [-0.39, 0.29) is 10.8 Å². The van der Waals surface area contributed by atoms with Crippen molar-refractivity contribution in [2.75, 3.05) is 13.2 Å². The summed E-state index contributed by atoms with van der Waals surface area (Å²) in [5.41, 5.74) is 5.04. The van der Waals surface area contributed by atoms with E-state index in [1.165, 1.54) is 0 Å². The SMILES string of the molecule is CCCC#Cc1cc(C#CCCC)cc(C(O)c2cc(C#CC(C)(C)C)c(C3OCCO3)c(C#CC(C)(C)C)c2)c1. The number of rotatable bonds is 5. The minimum atomic E-state index is -0.917. The van der Waals surface area contributed by atoms with Crippen molar-refractivity contribution in [3.63, 3.8) is 0 Å². The first-order chi connectivity index (χ1) is 19.4. The van der Waals surface area contributed by atoms with Crippen LogP contribution in [-0.4, -0.2) is 18.3 Å². The summed E-state index contributed by atoms with van der Waals surface area (Å²) >= 11 is 0. The van der Waals surface area contributed by atoms with Crippen LogP contribution in [0, 0.1) is 58.2 Å². The van der Waals surface area contributed by atoms with Crippen LogP contribution < -0.4 is 0 Å². The molecule has 2 aromatic rings. The minimum absolute atomic E-state index is 0.210. The Bertz CT molecular complexity index is 1370. The molecule has 0 spiro atoms. The smallest absolute Gasteiger partial charge is 0.186 e. The molecule has 1 unspecified atom stereocenters. The molecule has 0 aliphatic carbocycles. The number of unbranched alkanes of at least 4 members (excludes halogenated alkanes) is 2. The molecule has 3 rings (SSSR count). The van der Waals surface area contributed by atoms with Gasteiger partial charge >= 0.3 is 0 Å². The Hall–Kier alpha value is -3.44. The monoisotopic (exact) mass is 548 g/mol. The number of aliphatic hydroxyl groups is 1. The lowest BCUT2D eigenvalue weighted by atomic mass is 9.89. The highest BCUT2D eigenvalue weighted by Crippen LogP contribution is 2.34. The van der Waals surface area contributed by atoms with E-state index < -0.39 is 12.4 Å². The van der Waals surface area contributed by atoms with Gasteiger partial charge in [0, 0.05) is 51.5 Å². The van der Waals surface area contributed by atoms with Crippen molar-refractivity contribution in [3.05, 3.63) is 69.3 Å². The summed E-state index contributed by atoms with van der Waals surface area (Å²) < 4.78 is 11.9. The zero-order valence-electron chi connectivity index (χ0n) is 26.0. The molecule has 214 valence electrons. The molecular weight excluding hydrogens is 504 g/mol. The highest BCUT2D eigenvalue weighted by molar-refractivity contribution is 5.57. The van der Waals surface area contributed by atoms with Crippen LogP contribution in [0.25, 0.3) is 0 Å². The van der Waals surface area contributed by atoms with Gasteiger partial charge in [-0.15, -0.1) is 0 Å². The average Bonchev–Trinajstić information content (AvgIpc) is 3.44. The molecule has 1 fully saturated rings. The van der Waals surface area contributed by atoms with E-state index in [4.69, 9.17) is 9.47 Å². The zero-order chi connectivity index (χ0) is 30.0. The molecular formula is C38H44O3. The van der Waals surface area contributed by atoms with E-state index >= 15 is 0 Å². The highest BCUT2D eigenvalue weighted by Gasteiger charge is 2.26. The maximum Gasteiger partial charge on any atom is 0.186 e. The van der Waals surface area contributed by atoms with Crippen molar-refractivity contribution in [1.29, 1.82) is 0 Å². The summed E-state index contributed by atoms with van der Waals surface area (Å²) in [7, 11) is 0. The predicted octanol–water partition coefficient (Wildman–Crippen LogP) is 7.91. The fourth-order valence-corrected chi connectivity index (χ4v) is 4.05. The zero-order valence-corrected chi connectivity index (χ0v) is 26.0. The highest BCUT2D eigenvalue weighted by atomic mass is 16.7. The Morgan fingerprint density at radius 2 is 1.15 bits per heavy atom. The third kappa shape index (κ3) is 10.2. The number of hydrogen-bond acceptors (Lipinski definition) is 3. The fraction of sp³-hybridized carbons (Fsp3) is 0.474. The van der Waals surface area contributed by atoms with Crippen LogP contribution >= 0.6 is 0 Å². The molecule has 0 saturated carbocycles. The molecule has 1 N–H and O–H groups in total. The van der Waals surface area contributed by atoms with Crippen LogP contribution in [0.2, 0.25) is 0 Å². The summed E-state index contributed by atoms with van der Waals surface area (Å²) in [6.45, 7) is 17.7. The Kier molecular flexibility index (Phi) is 11.3. The van der Waals surface area contributed by atoms with Gasteiger partial charge in [-0.1, -0.05) is 61.2 Å². The van der Waals surface area contributed by atoms with Crippen LogP contribution in [0.4, 0.5) is 0 Å². The second kappa shape index (κ2) is 14.5. The summed E-state index contributed by atoms with van der Waals surface area (Å²) in [6.07, 6.45) is 2.17. The maximum absolute atomic E-state index is 11.8. The van der Waals surface area contributed by atoms with Gasteiger partial charge in [0.2, 0.25) is 0 Å². The minimum Gasteiger partial charge on any atom is -0.384 e. The van der Waals surface area contributed by atoms with Crippen molar-refractivity contribution in [3.8, 4) is 47.4 Å². The second-order valence-electron chi connectivity index (χ2n) is 12.5. The van der Waals surface area contributed by atoms with Crippen molar-refractivity contribution in [2.24, 2.45) is 10.8 Å². The molecule has 3 heteroatoms. The number of benzene rings is 2. The number of aliphatic hydroxyl groups excluding tert-OH is 1. The van der Waals surface area contributed by atoms with Crippen LogP contribution in [-0.2, 0) is 9.47 Å². The van der Waals surface area contributed by atoms with E-state index in [0.717, 1.165) is 59.1 Å². The van der Waals surface area contributed by atoms with Gasteiger partial charge < -0.3 is 14.6 Å². The van der Waals surface area contributed by atoms with E-state index in [2.05, 4.69) is 103 Å². The van der Waals surface area contributed by atoms with Gasteiger partial charge in [0.25, 0.3) is 0 Å². The lowest BCUT2D eigenvalue weighted by Gasteiger charge is -2.20. The second-order valence-corrected chi connectivity index (χ2v) is 12.5. The van der Waals surface area contributed by atoms with E-state index in [9.17, 15) is 5.11 Å². The molecule has 41 heavy (non-hydrogen) atoms. The molecule has 2 aromatic carbocycles. The molecule has 1 saturated heterocycles.